The number of ether oxygens (including phenoxy) is 1. The lowest BCUT2D eigenvalue weighted by atomic mass is 10.1. The largest absolute Gasteiger partial charge is 0.484 e. The average Bonchev–Trinajstić information content (AvgIpc) is 3.03. The predicted molar refractivity (Wildman–Crippen MR) is 109 cm³/mol. The first kappa shape index (κ1) is 20.4. The topological polar surface area (TPSA) is 66.9 Å². The Hall–Kier alpha value is -2.38. The van der Waals surface area contributed by atoms with Gasteiger partial charge in [-0.15, -0.1) is 0 Å². The van der Waals surface area contributed by atoms with E-state index in [9.17, 15) is 13.2 Å². The highest BCUT2D eigenvalue weighted by Crippen LogP contribution is 2.31. The molecule has 0 spiro atoms. The second-order valence-corrected chi connectivity index (χ2v) is 8.73. The van der Waals surface area contributed by atoms with Gasteiger partial charge >= 0.3 is 0 Å². The highest BCUT2D eigenvalue weighted by atomic mass is 32.2. The molecule has 0 radical (unpaired) electrons. The number of carbonyl (C=O) groups excluding carboxylic acids is 1. The standard InChI is InChI=1S/C21H26N2O4S/c1-4-22(5-2)28(25,26)19-12-10-18(11-13-19)27-15-21(24)23-16(3)14-17-8-6-7-9-20(17)23/h6-13,16H,4-5,14-15H2,1-3H3. The van der Waals surface area contributed by atoms with Crippen molar-refractivity contribution in [3.63, 3.8) is 0 Å². The van der Waals surface area contributed by atoms with Gasteiger partial charge in [0.05, 0.1) is 4.90 Å². The van der Waals surface area contributed by atoms with Crippen LogP contribution in [-0.2, 0) is 21.2 Å². The first-order valence-electron chi connectivity index (χ1n) is 9.51. The Morgan fingerprint density at radius 1 is 1.11 bits per heavy atom. The number of rotatable bonds is 7. The van der Waals surface area contributed by atoms with Crippen LogP contribution < -0.4 is 9.64 Å². The molecular weight excluding hydrogens is 376 g/mol. The number of fused-ring (bicyclic) bond motifs is 1. The van der Waals surface area contributed by atoms with Gasteiger partial charge in [0, 0.05) is 24.8 Å². The van der Waals surface area contributed by atoms with Crippen molar-refractivity contribution in [1.82, 2.24) is 4.31 Å². The van der Waals surface area contributed by atoms with Gasteiger partial charge < -0.3 is 9.64 Å². The van der Waals surface area contributed by atoms with Gasteiger partial charge in [-0.3, -0.25) is 4.79 Å². The van der Waals surface area contributed by atoms with Gasteiger partial charge in [-0.2, -0.15) is 4.31 Å². The Morgan fingerprint density at radius 3 is 2.39 bits per heavy atom. The Labute approximate surface area is 166 Å². The third kappa shape index (κ3) is 3.91. The number of sulfonamides is 1. The third-order valence-electron chi connectivity index (χ3n) is 5.01. The molecule has 1 aliphatic rings. The van der Waals surface area contributed by atoms with Crippen LogP contribution in [0.3, 0.4) is 0 Å². The van der Waals surface area contributed by atoms with E-state index in [0.29, 0.717) is 18.8 Å². The van der Waals surface area contributed by atoms with Crippen molar-refractivity contribution in [2.45, 2.75) is 38.1 Å². The lowest BCUT2D eigenvalue weighted by Crippen LogP contribution is -2.39. The molecule has 1 atom stereocenters. The van der Waals surface area contributed by atoms with Crippen LogP contribution in [0.2, 0.25) is 0 Å². The summed E-state index contributed by atoms with van der Waals surface area (Å²) in [7, 11) is -3.50. The molecule has 3 rings (SSSR count). The zero-order valence-corrected chi connectivity index (χ0v) is 17.3. The van der Waals surface area contributed by atoms with E-state index in [4.69, 9.17) is 4.74 Å². The van der Waals surface area contributed by atoms with Crippen molar-refractivity contribution >= 4 is 21.6 Å². The van der Waals surface area contributed by atoms with E-state index in [1.54, 1.807) is 17.0 Å². The van der Waals surface area contributed by atoms with Crippen LogP contribution >= 0.6 is 0 Å². The molecule has 7 heteroatoms. The molecule has 1 heterocycles. The molecule has 0 fully saturated rings. The lowest BCUT2D eigenvalue weighted by Gasteiger charge is -2.23. The van der Waals surface area contributed by atoms with Crippen molar-refractivity contribution in [2.24, 2.45) is 0 Å². The highest BCUT2D eigenvalue weighted by Gasteiger charge is 2.30. The number of carbonyl (C=O) groups is 1. The Bertz CT molecular complexity index is 937. The molecule has 6 nitrogen and oxygen atoms in total. The summed E-state index contributed by atoms with van der Waals surface area (Å²) in [5.41, 5.74) is 2.10. The summed E-state index contributed by atoms with van der Waals surface area (Å²) in [6.45, 7) is 6.37. The number of hydrogen-bond acceptors (Lipinski definition) is 4. The van der Waals surface area contributed by atoms with E-state index in [0.717, 1.165) is 17.7 Å². The fourth-order valence-corrected chi connectivity index (χ4v) is 5.04. The zero-order chi connectivity index (χ0) is 20.3. The number of nitrogens with zero attached hydrogens (tertiary/aromatic N) is 2. The molecule has 1 aliphatic heterocycles. The minimum Gasteiger partial charge on any atom is -0.484 e. The maximum atomic E-state index is 12.7. The van der Waals surface area contributed by atoms with Crippen LogP contribution in [0.4, 0.5) is 5.69 Å². The number of anilines is 1. The van der Waals surface area contributed by atoms with E-state index in [1.807, 2.05) is 45.0 Å². The van der Waals surface area contributed by atoms with Crippen LogP contribution in [-0.4, -0.2) is 44.4 Å². The normalized spacial score (nSPS) is 16.3. The molecule has 150 valence electrons. The molecule has 0 bridgehead atoms. The first-order valence-corrected chi connectivity index (χ1v) is 11.0. The maximum absolute atomic E-state index is 12.7. The molecule has 0 aliphatic carbocycles. The summed E-state index contributed by atoms with van der Waals surface area (Å²) in [5, 5.41) is 0. The minimum absolute atomic E-state index is 0.0927. The molecule has 0 aromatic heterocycles. The Morgan fingerprint density at radius 2 is 1.75 bits per heavy atom. The SMILES string of the molecule is CCN(CC)S(=O)(=O)c1ccc(OCC(=O)N2c3ccccc3CC2C)cc1. The van der Waals surface area contributed by atoms with Gasteiger partial charge in [0.2, 0.25) is 10.0 Å². The van der Waals surface area contributed by atoms with E-state index in [2.05, 4.69) is 0 Å². The van der Waals surface area contributed by atoms with Crippen molar-refractivity contribution in [3.05, 3.63) is 54.1 Å². The third-order valence-corrected chi connectivity index (χ3v) is 7.07. The maximum Gasteiger partial charge on any atom is 0.265 e. The van der Waals surface area contributed by atoms with Crippen molar-refractivity contribution < 1.29 is 17.9 Å². The number of amides is 1. The van der Waals surface area contributed by atoms with Crippen molar-refractivity contribution in [3.8, 4) is 5.75 Å². The smallest absolute Gasteiger partial charge is 0.265 e. The number of benzene rings is 2. The van der Waals surface area contributed by atoms with Crippen molar-refractivity contribution in [1.29, 1.82) is 0 Å². The number of hydrogen-bond donors (Lipinski definition) is 0. The second kappa shape index (κ2) is 8.32. The molecular formula is C21H26N2O4S. The fourth-order valence-electron chi connectivity index (χ4n) is 3.58. The molecule has 1 amide bonds. The van der Waals surface area contributed by atoms with Crippen LogP contribution in [0.1, 0.15) is 26.3 Å². The Kier molecular flexibility index (Phi) is 6.05. The monoisotopic (exact) mass is 402 g/mol. The van der Waals surface area contributed by atoms with Crippen LogP contribution in [0.5, 0.6) is 5.75 Å². The minimum atomic E-state index is -3.50. The fraction of sp³-hybridized carbons (Fsp3) is 0.381. The zero-order valence-electron chi connectivity index (χ0n) is 16.5. The summed E-state index contributed by atoms with van der Waals surface area (Å²) in [6, 6.07) is 14.2. The Balaban J connectivity index is 1.66. The summed E-state index contributed by atoms with van der Waals surface area (Å²) >= 11 is 0. The van der Waals surface area contributed by atoms with Gasteiger partial charge in [0.15, 0.2) is 6.61 Å². The van der Waals surface area contributed by atoms with E-state index < -0.39 is 10.0 Å². The van der Waals surface area contributed by atoms with Gasteiger partial charge in [-0.1, -0.05) is 32.0 Å². The summed E-state index contributed by atoms with van der Waals surface area (Å²) in [6.07, 6.45) is 0.833. The molecule has 0 saturated heterocycles. The van der Waals surface area contributed by atoms with E-state index >= 15 is 0 Å². The van der Waals surface area contributed by atoms with Crippen LogP contribution in [0.25, 0.3) is 0 Å². The molecule has 0 N–H and O–H groups in total. The average molecular weight is 403 g/mol. The first-order chi connectivity index (χ1) is 13.4. The molecule has 1 unspecified atom stereocenters. The van der Waals surface area contributed by atoms with Gasteiger partial charge in [-0.25, -0.2) is 8.42 Å². The summed E-state index contributed by atoms with van der Waals surface area (Å²) in [5.74, 6) is 0.351. The molecule has 2 aromatic carbocycles. The van der Waals surface area contributed by atoms with E-state index in [1.165, 1.54) is 16.4 Å². The quantitative estimate of drug-likeness (QED) is 0.714. The van der Waals surface area contributed by atoms with Crippen LogP contribution in [0, 0.1) is 0 Å². The lowest BCUT2D eigenvalue weighted by molar-refractivity contribution is -0.120. The molecule has 2 aromatic rings. The summed E-state index contributed by atoms with van der Waals surface area (Å²) < 4.78 is 32.1. The number of para-hydroxylation sites is 1. The van der Waals surface area contributed by atoms with Gasteiger partial charge in [0.1, 0.15) is 5.75 Å². The molecule has 0 saturated carbocycles. The highest BCUT2D eigenvalue weighted by molar-refractivity contribution is 7.89. The van der Waals surface area contributed by atoms with E-state index in [-0.39, 0.29) is 23.5 Å². The van der Waals surface area contributed by atoms with Gasteiger partial charge in [0.25, 0.3) is 5.91 Å². The van der Waals surface area contributed by atoms with Gasteiger partial charge in [-0.05, 0) is 49.2 Å². The second-order valence-electron chi connectivity index (χ2n) is 6.80. The molecule has 28 heavy (non-hydrogen) atoms. The predicted octanol–water partition coefficient (Wildman–Crippen LogP) is 3.07. The summed E-state index contributed by atoms with van der Waals surface area (Å²) in [4.78, 5) is 14.7. The van der Waals surface area contributed by atoms with Crippen LogP contribution in [0.15, 0.2) is 53.4 Å². The van der Waals surface area contributed by atoms with Crippen molar-refractivity contribution in [2.75, 3.05) is 24.6 Å².